The van der Waals surface area contributed by atoms with Gasteiger partial charge in [-0.3, -0.25) is 15.2 Å². The van der Waals surface area contributed by atoms with Crippen molar-refractivity contribution in [2.45, 2.75) is 31.8 Å². The van der Waals surface area contributed by atoms with Gasteiger partial charge in [-0.25, -0.2) is 18.6 Å². The third-order valence-corrected chi connectivity index (χ3v) is 7.45. The number of guanidine groups is 1. The molecule has 10 nitrogen and oxygen atoms in total. The number of aliphatic carboxylic acids is 1. The number of nitrogens with zero attached hydrogens (tertiary/aromatic N) is 1. The molecular formula is C21H25Cl2N5O5S2. The number of benzene rings is 1. The summed E-state index contributed by atoms with van der Waals surface area (Å²) in [6, 6.07) is 3.25. The van der Waals surface area contributed by atoms with E-state index >= 15 is 0 Å². The van der Waals surface area contributed by atoms with Crippen molar-refractivity contribution in [3.05, 3.63) is 56.9 Å². The first kappa shape index (κ1) is 28.7. The van der Waals surface area contributed by atoms with Gasteiger partial charge in [0.25, 0.3) is 5.91 Å². The van der Waals surface area contributed by atoms with Gasteiger partial charge < -0.3 is 16.2 Å². The zero-order chi connectivity index (χ0) is 26.2. The molecule has 1 amide bonds. The van der Waals surface area contributed by atoms with Crippen LogP contribution in [0.4, 0.5) is 0 Å². The lowest BCUT2D eigenvalue weighted by Crippen LogP contribution is -2.54. The number of carboxylic acid groups (broad SMARTS) is 1. The molecule has 190 valence electrons. The molecule has 0 fully saturated rings. The van der Waals surface area contributed by atoms with Crippen molar-refractivity contribution < 1.29 is 23.1 Å². The normalized spacial score (nSPS) is 14.2. The second-order valence-corrected chi connectivity index (χ2v) is 10.9. The minimum Gasteiger partial charge on any atom is -0.480 e. The zero-order valence-electron chi connectivity index (χ0n) is 18.5. The monoisotopic (exact) mass is 561 g/mol. The largest absolute Gasteiger partial charge is 0.480 e. The average Bonchev–Trinajstić information content (AvgIpc) is 2.74. The first-order valence-corrected chi connectivity index (χ1v) is 13.2. The van der Waals surface area contributed by atoms with E-state index in [0.717, 1.165) is 5.01 Å². The highest BCUT2D eigenvalue weighted by Gasteiger charge is 2.34. The highest BCUT2D eigenvalue weighted by molar-refractivity contribution is 7.98. The molecule has 0 bridgehead atoms. The van der Waals surface area contributed by atoms with Crippen LogP contribution in [0.15, 0.2) is 41.3 Å². The Bertz CT molecular complexity index is 1150. The number of rotatable bonds is 12. The Hall–Kier alpha value is -2.51. The number of halogens is 2. The zero-order valence-corrected chi connectivity index (χ0v) is 21.6. The second kappa shape index (κ2) is 13.0. The van der Waals surface area contributed by atoms with E-state index in [2.05, 4.69) is 10.7 Å². The lowest BCUT2D eigenvalue weighted by atomic mass is 10.1. The Kier molecular flexibility index (Phi) is 10.7. The second-order valence-electron chi connectivity index (χ2n) is 7.56. The van der Waals surface area contributed by atoms with Crippen molar-refractivity contribution in [2.24, 2.45) is 5.73 Å². The van der Waals surface area contributed by atoms with Crippen molar-refractivity contribution in [3.63, 3.8) is 0 Å². The molecule has 1 aliphatic carbocycles. The van der Waals surface area contributed by atoms with E-state index in [9.17, 15) is 23.1 Å². The summed E-state index contributed by atoms with van der Waals surface area (Å²) in [5.41, 5.74) is 8.51. The maximum atomic E-state index is 13.2. The van der Waals surface area contributed by atoms with Gasteiger partial charge in [0.15, 0.2) is 15.8 Å². The van der Waals surface area contributed by atoms with Gasteiger partial charge in [-0.1, -0.05) is 47.6 Å². The molecule has 0 saturated carbocycles. The number of thiocarbonyl (C=S) groups is 1. The molecule has 1 aromatic rings. The fraction of sp³-hybridized carbons (Fsp3) is 0.333. The molecule has 14 heteroatoms. The van der Waals surface area contributed by atoms with Crippen LogP contribution >= 0.6 is 35.4 Å². The summed E-state index contributed by atoms with van der Waals surface area (Å²) in [5, 5.41) is 21.0. The molecule has 0 unspecified atom stereocenters. The lowest BCUT2D eigenvalue weighted by molar-refractivity contribution is -0.152. The first-order chi connectivity index (χ1) is 16.4. The van der Waals surface area contributed by atoms with Gasteiger partial charge in [0, 0.05) is 34.4 Å². The van der Waals surface area contributed by atoms with Crippen LogP contribution in [0.2, 0.25) is 10.0 Å². The van der Waals surface area contributed by atoms with Gasteiger partial charge in [0.1, 0.15) is 11.8 Å². The number of hydrazine groups is 1. The van der Waals surface area contributed by atoms with E-state index in [0.29, 0.717) is 15.6 Å². The van der Waals surface area contributed by atoms with Crippen molar-refractivity contribution in [3.8, 4) is 0 Å². The van der Waals surface area contributed by atoms with Gasteiger partial charge >= 0.3 is 5.97 Å². The maximum Gasteiger partial charge on any atom is 0.328 e. The van der Waals surface area contributed by atoms with E-state index in [-0.39, 0.29) is 48.1 Å². The number of nitrogens with two attached hydrogens (primary N) is 1. The Labute approximate surface area is 218 Å². The quantitative estimate of drug-likeness (QED) is 0.0844. The highest BCUT2D eigenvalue weighted by Crippen LogP contribution is 2.21. The molecule has 0 spiro atoms. The van der Waals surface area contributed by atoms with Crippen LogP contribution in [0.3, 0.4) is 0 Å². The SMILES string of the molecule is N=C(N)NCCC[C@@H](C(=O)O)N(NCc1cc(Cl)cc(Cl)c1)C(=O)CS(=O)(=O)C1=CC=CCC1=S. The molecule has 35 heavy (non-hydrogen) atoms. The summed E-state index contributed by atoms with van der Waals surface area (Å²) < 4.78 is 25.8. The minimum atomic E-state index is -4.12. The summed E-state index contributed by atoms with van der Waals surface area (Å²) in [7, 11) is -4.12. The van der Waals surface area contributed by atoms with Gasteiger partial charge in [0.05, 0.1) is 4.91 Å². The van der Waals surface area contributed by atoms with Crippen LogP contribution < -0.4 is 16.5 Å². The number of sulfone groups is 1. The Morgan fingerprint density at radius 3 is 2.49 bits per heavy atom. The smallest absolute Gasteiger partial charge is 0.328 e. The Balaban J connectivity index is 2.28. The first-order valence-electron chi connectivity index (χ1n) is 10.3. The van der Waals surface area contributed by atoms with E-state index in [1.807, 2.05) is 0 Å². The van der Waals surface area contributed by atoms with Crippen LogP contribution in [0.25, 0.3) is 0 Å². The topological polar surface area (TPSA) is 166 Å². The number of hydrogen-bond donors (Lipinski definition) is 5. The number of amides is 1. The van der Waals surface area contributed by atoms with Crippen molar-refractivity contribution >= 4 is 68.0 Å². The predicted molar refractivity (Wildman–Crippen MR) is 139 cm³/mol. The molecule has 1 aromatic carbocycles. The number of carboxylic acids is 1. The molecular weight excluding hydrogens is 537 g/mol. The standard InChI is InChI=1S/C21H25Cl2N5O5S2/c22-14-8-13(9-15(23)10-14)11-27-28(16(20(30)31)4-3-7-26-21(24)25)19(29)12-35(32,33)18-6-2-1-5-17(18)34/h1-2,6,8-10,16,27H,3-5,7,11-12H2,(H,30,31)(H4,24,25,26)/t16-/m0/s1. The molecule has 0 saturated heterocycles. The molecule has 0 aliphatic heterocycles. The van der Waals surface area contributed by atoms with Gasteiger partial charge in [-0.15, -0.1) is 0 Å². The molecule has 0 heterocycles. The molecule has 0 radical (unpaired) electrons. The third-order valence-electron chi connectivity index (χ3n) is 4.82. The fourth-order valence-corrected chi connectivity index (χ4v) is 5.71. The van der Waals surface area contributed by atoms with Crippen LogP contribution in [0, 0.1) is 5.41 Å². The summed E-state index contributed by atoms with van der Waals surface area (Å²) in [6.07, 6.45) is 5.00. The number of carbonyl (C=O) groups excluding carboxylic acids is 1. The van der Waals surface area contributed by atoms with E-state index < -0.39 is 33.5 Å². The maximum absolute atomic E-state index is 13.2. The summed E-state index contributed by atoms with van der Waals surface area (Å²) in [4.78, 5) is 25.3. The predicted octanol–water partition coefficient (Wildman–Crippen LogP) is 2.17. The molecule has 1 atom stereocenters. The van der Waals surface area contributed by atoms with Crippen LogP contribution in [-0.2, 0) is 26.0 Å². The summed E-state index contributed by atoms with van der Waals surface area (Å²) >= 11 is 17.2. The summed E-state index contributed by atoms with van der Waals surface area (Å²) in [5.74, 6) is -3.57. The number of allylic oxidation sites excluding steroid dienone is 4. The van der Waals surface area contributed by atoms with Crippen LogP contribution in [0.5, 0.6) is 0 Å². The van der Waals surface area contributed by atoms with Crippen molar-refractivity contribution in [1.29, 1.82) is 5.41 Å². The van der Waals surface area contributed by atoms with E-state index in [1.54, 1.807) is 18.2 Å². The van der Waals surface area contributed by atoms with Crippen molar-refractivity contribution in [1.82, 2.24) is 15.8 Å². The van der Waals surface area contributed by atoms with E-state index in [4.69, 9.17) is 46.6 Å². The average molecular weight is 563 g/mol. The lowest BCUT2D eigenvalue weighted by Gasteiger charge is -2.30. The molecule has 6 N–H and O–H groups in total. The van der Waals surface area contributed by atoms with Gasteiger partial charge in [0.2, 0.25) is 0 Å². The van der Waals surface area contributed by atoms with Crippen LogP contribution in [0.1, 0.15) is 24.8 Å². The fourth-order valence-electron chi connectivity index (χ4n) is 3.25. The van der Waals surface area contributed by atoms with Gasteiger partial charge in [-0.05, 0) is 42.7 Å². The minimum absolute atomic E-state index is 0.0471. The van der Waals surface area contributed by atoms with Crippen LogP contribution in [-0.4, -0.2) is 59.6 Å². The number of nitrogens with one attached hydrogen (secondary N) is 3. The van der Waals surface area contributed by atoms with Crippen molar-refractivity contribution in [2.75, 3.05) is 12.3 Å². The number of hydrogen-bond acceptors (Lipinski definition) is 7. The molecule has 1 aliphatic rings. The Morgan fingerprint density at radius 1 is 1.26 bits per heavy atom. The number of carbonyl (C=O) groups is 2. The van der Waals surface area contributed by atoms with Gasteiger partial charge in [-0.2, -0.15) is 0 Å². The summed E-state index contributed by atoms with van der Waals surface area (Å²) in [6.45, 7) is 0.141. The Morgan fingerprint density at radius 2 is 1.91 bits per heavy atom. The van der Waals surface area contributed by atoms with E-state index in [1.165, 1.54) is 18.2 Å². The third kappa shape index (κ3) is 8.89. The molecule has 2 rings (SSSR count). The highest BCUT2D eigenvalue weighted by atomic mass is 35.5. The molecule has 0 aromatic heterocycles.